The number of ether oxygens (including phenoxy) is 1. The highest BCUT2D eigenvalue weighted by atomic mass is 16.5. The molecule has 0 saturated carbocycles. The van der Waals surface area contributed by atoms with E-state index in [1.165, 1.54) is 83.5 Å². The van der Waals surface area contributed by atoms with Crippen LogP contribution in [0.25, 0.3) is 0 Å². The number of rotatable bonds is 17. The van der Waals surface area contributed by atoms with Gasteiger partial charge in [0.2, 0.25) is 0 Å². The van der Waals surface area contributed by atoms with Crippen LogP contribution in [0.3, 0.4) is 0 Å². The Bertz CT molecular complexity index is 384. The van der Waals surface area contributed by atoms with Crippen LogP contribution in [0, 0.1) is 11.3 Å². The number of nitrogens with zero attached hydrogens (tertiary/aromatic N) is 1. The van der Waals surface area contributed by atoms with Crippen LogP contribution in [0.15, 0.2) is 12.2 Å². The SMILES string of the molecule is C=C(C#N)C(=O)OC(C)CCCCCCCCCCCCCCCC. The zero-order valence-electron chi connectivity index (χ0n) is 16.7. The average Bonchev–Trinajstić information content (AvgIpc) is 2.61. The van der Waals surface area contributed by atoms with Crippen molar-refractivity contribution < 1.29 is 9.53 Å². The highest BCUT2D eigenvalue weighted by molar-refractivity contribution is 5.91. The molecule has 0 saturated heterocycles. The molecule has 3 heteroatoms. The van der Waals surface area contributed by atoms with Gasteiger partial charge in [-0.15, -0.1) is 0 Å². The lowest BCUT2D eigenvalue weighted by molar-refractivity contribution is -0.143. The predicted octanol–water partition coefficient (Wildman–Crippen LogP) is 6.87. The van der Waals surface area contributed by atoms with Gasteiger partial charge in [0, 0.05) is 0 Å². The third kappa shape index (κ3) is 15.9. The number of nitriles is 1. The van der Waals surface area contributed by atoms with Crippen molar-refractivity contribution in [3.8, 4) is 6.07 Å². The molecule has 0 amide bonds. The summed E-state index contributed by atoms with van der Waals surface area (Å²) in [5.74, 6) is -0.583. The first kappa shape index (κ1) is 23.7. The summed E-state index contributed by atoms with van der Waals surface area (Å²) in [6.45, 7) is 7.51. The molecule has 0 radical (unpaired) electrons. The monoisotopic (exact) mass is 349 g/mol. The molecule has 3 nitrogen and oxygen atoms in total. The smallest absolute Gasteiger partial charge is 0.348 e. The average molecular weight is 350 g/mol. The van der Waals surface area contributed by atoms with E-state index in [1.807, 2.05) is 6.92 Å². The molecule has 0 heterocycles. The molecular weight excluding hydrogens is 310 g/mol. The van der Waals surface area contributed by atoms with Crippen molar-refractivity contribution in [3.05, 3.63) is 12.2 Å². The van der Waals surface area contributed by atoms with Gasteiger partial charge in [0.25, 0.3) is 0 Å². The predicted molar refractivity (Wildman–Crippen MR) is 105 cm³/mol. The van der Waals surface area contributed by atoms with Crippen LogP contribution in [-0.2, 0) is 9.53 Å². The molecule has 0 aliphatic rings. The molecule has 0 aromatic heterocycles. The molecular formula is C22H39NO2. The minimum atomic E-state index is -0.583. The fourth-order valence-corrected chi connectivity index (χ4v) is 2.98. The van der Waals surface area contributed by atoms with Crippen molar-refractivity contribution in [2.45, 2.75) is 116 Å². The quantitative estimate of drug-likeness (QED) is 0.125. The first-order chi connectivity index (χ1) is 12.1. The van der Waals surface area contributed by atoms with Gasteiger partial charge in [0.15, 0.2) is 0 Å². The molecule has 1 atom stereocenters. The van der Waals surface area contributed by atoms with E-state index >= 15 is 0 Å². The van der Waals surface area contributed by atoms with Gasteiger partial charge in [0.1, 0.15) is 11.6 Å². The first-order valence-electron chi connectivity index (χ1n) is 10.4. The van der Waals surface area contributed by atoms with E-state index < -0.39 is 5.97 Å². The Hall–Kier alpha value is -1.30. The van der Waals surface area contributed by atoms with E-state index in [0.29, 0.717) is 0 Å². The summed E-state index contributed by atoms with van der Waals surface area (Å²) >= 11 is 0. The van der Waals surface area contributed by atoms with E-state index in [9.17, 15) is 4.79 Å². The number of hydrogen-bond donors (Lipinski definition) is 0. The van der Waals surface area contributed by atoms with Gasteiger partial charge in [-0.05, 0) is 19.8 Å². The van der Waals surface area contributed by atoms with Crippen LogP contribution in [0.4, 0.5) is 0 Å². The van der Waals surface area contributed by atoms with Crippen molar-refractivity contribution in [3.63, 3.8) is 0 Å². The van der Waals surface area contributed by atoms with Crippen molar-refractivity contribution >= 4 is 5.97 Å². The Morgan fingerprint density at radius 1 is 0.880 bits per heavy atom. The van der Waals surface area contributed by atoms with E-state index in [0.717, 1.165) is 12.8 Å². The second-order valence-corrected chi connectivity index (χ2v) is 7.19. The molecule has 0 aromatic carbocycles. The van der Waals surface area contributed by atoms with Gasteiger partial charge in [-0.1, -0.05) is 97.0 Å². The van der Waals surface area contributed by atoms with Crippen LogP contribution in [0.2, 0.25) is 0 Å². The molecule has 0 bridgehead atoms. The molecule has 0 spiro atoms. The minimum absolute atomic E-state index is 0.118. The van der Waals surface area contributed by atoms with E-state index in [1.54, 1.807) is 6.07 Å². The molecule has 144 valence electrons. The van der Waals surface area contributed by atoms with Gasteiger partial charge < -0.3 is 4.74 Å². The second-order valence-electron chi connectivity index (χ2n) is 7.19. The molecule has 0 N–H and O–H groups in total. The van der Waals surface area contributed by atoms with Gasteiger partial charge in [0.05, 0.1) is 6.10 Å². The topological polar surface area (TPSA) is 50.1 Å². The van der Waals surface area contributed by atoms with Crippen LogP contribution >= 0.6 is 0 Å². The maximum Gasteiger partial charge on any atom is 0.348 e. The van der Waals surface area contributed by atoms with Gasteiger partial charge in [-0.2, -0.15) is 5.26 Å². The lowest BCUT2D eigenvalue weighted by Crippen LogP contribution is -2.15. The Morgan fingerprint density at radius 3 is 1.68 bits per heavy atom. The Kier molecular flexibility index (Phi) is 16.6. The molecule has 0 aliphatic carbocycles. The summed E-state index contributed by atoms with van der Waals surface area (Å²) in [4.78, 5) is 11.4. The molecule has 0 fully saturated rings. The summed E-state index contributed by atoms with van der Waals surface area (Å²) in [5, 5.41) is 8.58. The number of unbranched alkanes of at least 4 members (excludes halogenated alkanes) is 13. The Balaban J connectivity index is 3.27. The van der Waals surface area contributed by atoms with E-state index in [4.69, 9.17) is 10.00 Å². The number of hydrogen-bond acceptors (Lipinski definition) is 3. The van der Waals surface area contributed by atoms with Crippen molar-refractivity contribution in [2.75, 3.05) is 0 Å². The summed E-state index contributed by atoms with van der Waals surface area (Å²) in [5.41, 5.74) is -0.118. The molecule has 0 rings (SSSR count). The highest BCUT2D eigenvalue weighted by Crippen LogP contribution is 2.14. The van der Waals surface area contributed by atoms with Gasteiger partial charge >= 0.3 is 5.97 Å². The van der Waals surface area contributed by atoms with Gasteiger partial charge in [-0.3, -0.25) is 0 Å². The molecule has 25 heavy (non-hydrogen) atoms. The summed E-state index contributed by atoms with van der Waals surface area (Å²) in [6, 6.07) is 1.72. The minimum Gasteiger partial charge on any atom is -0.459 e. The van der Waals surface area contributed by atoms with Crippen LogP contribution < -0.4 is 0 Å². The Morgan fingerprint density at radius 2 is 1.28 bits per heavy atom. The van der Waals surface area contributed by atoms with Crippen molar-refractivity contribution in [1.29, 1.82) is 5.26 Å². The third-order valence-electron chi connectivity index (χ3n) is 4.65. The maximum absolute atomic E-state index is 11.4. The van der Waals surface area contributed by atoms with Crippen molar-refractivity contribution in [2.24, 2.45) is 0 Å². The third-order valence-corrected chi connectivity index (χ3v) is 4.65. The summed E-state index contributed by atoms with van der Waals surface area (Å²) < 4.78 is 5.16. The second kappa shape index (κ2) is 17.5. The lowest BCUT2D eigenvalue weighted by atomic mass is 10.0. The highest BCUT2D eigenvalue weighted by Gasteiger charge is 2.12. The zero-order chi connectivity index (χ0) is 18.8. The van der Waals surface area contributed by atoms with Crippen molar-refractivity contribution in [1.82, 2.24) is 0 Å². The largest absolute Gasteiger partial charge is 0.459 e. The molecule has 0 aromatic rings. The van der Waals surface area contributed by atoms with Crippen LogP contribution in [0.5, 0.6) is 0 Å². The zero-order valence-corrected chi connectivity index (χ0v) is 16.7. The summed E-state index contributed by atoms with van der Waals surface area (Å²) in [6.07, 6.45) is 19.5. The van der Waals surface area contributed by atoms with E-state index in [2.05, 4.69) is 13.5 Å². The van der Waals surface area contributed by atoms with Gasteiger partial charge in [-0.25, -0.2) is 4.79 Å². The standard InChI is InChI=1S/C22H39NO2/c1-4-5-6-7-8-9-10-11-12-13-14-15-16-17-18-21(3)25-22(24)20(2)19-23/h21H,2,4-18H2,1,3H3. The Labute approximate surface area is 155 Å². The van der Waals surface area contributed by atoms with E-state index in [-0.39, 0.29) is 11.7 Å². The normalized spacial score (nSPS) is 11.7. The summed E-state index contributed by atoms with van der Waals surface area (Å²) in [7, 11) is 0. The van der Waals surface area contributed by atoms with Crippen LogP contribution in [-0.4, -0.2) is 12.1 Å². The lowest BCUT2D eigenvalue weighted by Gasteiger charge is -2.12. The fourth-order valence-electron chi connectivity index (χ4n) is 2.98. The molecule has 0 aliphatic heterocycles. The number of carbonyl (C=O) groups is 1. The van der Waals surface area contributed by atoms with Crippen LogP contribution in [0.1, 0.15) is 110 Å². The number of esters is 1. The fraction of sp³-hybridized carbons (Fsp3) is 0.818. The molecule has 1 unspecified atom stereocenters. The maximum atomic E-state index is 11.4. The number of carbonyl (C=O) groups excluding carboxylic acids is 1. The first-order valence-corrected chi connectivity index (χ1v) is 10.4.